The zero-order valence-corrected chi connectivity index (χ0v) is 39.8. The van der Waals surface area contributed by atoms with E-state index in [0.29, 0.717) is 0 Å². The first-order chi connectivity index (χ1) is 31.0. The molecule has 67 heavy (non-hydrogen) atoms. The van der Waals surface area contributed by atoms with Crippen molar-refractivity contribution in [1.82, 2.24) is 5.32 Å². The zero-order valence-electron chi connectivity index (χ0n) is 39.8. The number of amides is 1. The number of carbonyl (C=O) groups excluding carboxylic acids is 5. The van der Waals surface area contributed by atoms with Gasteiger partial charge in [0.1, 0.15) is 35.1 Å². The van der Waals surface area contributed by atoms with Gasteiger partial charge in [0.2, 0.25) is 6.10 Å². The number of benzene rings is 2. The number of alkyl carbamates (subject to hydrolysis) is 1. The van der Waals surface area contributed by atoms with Crippen LogP contribution in [0.15, 0.2) is 60.7 Å². The highest BCUT2D eigenvalue weighted by molar-refractivity contribution is 5.89. The van der Waals surface area contributed by atoms with E-state index in [9.17, 15) is 49.5 Å². The number of aliphatic hydroxyl groups is 4. The van der Waals surface area contributed by atoms with E-state index in [4.69, 9.17) is 28.4 Å². The molecule has 5 rings (SSSR count). The highest BCUT2D eigenvalue weighted by Crippen LogP contribution is 2.62. The Morgan fingerprint density at radius 2 is 1.48 bits per heavy atom. The number of carboxylic acids is 1. The van der Waals surface area contributed by atoms with Gasteiger partial charge in [-0.15, -0.1) is 0 Å². The number of aliphatic hydroxyl groups excluding tert-OH is 3. The molecular weight excluding hydrogens is 875 g/mol. The molecule has 13 atom stereocenters. The van der Waals surface area contributed by atoms with E-state index in [-0.39, 0.29) is 30.6 Å². The van der Waals surface area contributed by atoms with Crippen LogP contribution >= 0.6 is 0 Å². The molecule has 3 aliphatic rings. The van der Waals surface area contributed by atoms with Crippen molar-refractivity contribution >= 4 is 35.9 Å². The molecule has 2 unspecified atom stereocenters. The Hall–Kier alpha value is -5.14. The average molecular weight is 942 g/mol. The highest BCUT2D eigenvalue weighted by atomic mass is 16.6. The summed E-state index contributed by atoms with van der Waals surface area (Å²) in [6, 6.07) is 14.2. The fourth-order valence-electron chi connectivity index (χ4n) is 9.88. The van der Waals surface area contributed by atoms with E-state index >= 15 is 4.79 Å². The fraction of sp³-hybridized carbons (Fsp3) is 0.633. The molecule has 1 heterocycles. The van der Waals surface area contributed by atoms with Gasteiger partial charge in [0.15, 0.2) is 5.60 Å². The minimum atomic E-state index is -2.41. The molecule has 3 fully saturated rings. The molecule has 0 radical (unpaired) electrons. The molecule has 1 saturated heterocycles. The minimum absolute atomic E-state index is 0.0558. The highest BCUT2D eigenvalue weighted by Gasteiger charge is 2.76. The van der Waals surface area contributed by atoms with Crippen LogP contribution in [0.4, 0.5) is 4.79 Å². The molecule has 18 nitrogen and oxygen atoms in total. The van der Waals surface area contributed by atoms with Crippen molar-refractivity contribution in [3.05, 3.63) is 71.8 Å². The van der Waals surface area contributed by atoms with Crippen LogP contribution in [0, 0.1) is 22.7 Å². The monoisotopic (exact) mass is 941 g/mol. The van der Waals surface area contributed by atoms with E-state index in [2.05, 4.69) is 5.32 Å². The molecule has 1 aliphatic heterocycles. The van der Waals surface area contributed by atoms with E-state index in [1.165, 1.54) is 32.9 Å². The Labute approximate surface area is 390 Å². The summed E-state index contributed by atoms with van der Waals surface area (Å²) < 4.78 is 36.2. The predicted molar refractivity (Wildman–Crippen MR) is 237 cm³/mol. The Balaban J connectivity index is 1.74. The SMILES string of the molecule is CC(=O)O[C@@]12CO[C@@H]1C[C@H](O)[C@@]1(C)[C@H](O)[C@H](O)C(C)[C@](C)(OC(=O)[C@H](OC(=O)CCCC(=O)O)C(NC(=O)OC(C)(C)C)c3ccccc3)C[C@](O)(C(C)(C)C)[C@@H](OC(=O)c3ccccc3)[C@H]21. The summed E-state index contributed by atoms with van der Waals surface area (Å²) in [5.41, 5.74) is -10.4. The van der Waals surface area contributed by atoms with Gasteiger partial charge in [-0.1, -0.05) is 83.1 Å². The molecule has 18 heteroatoms. The molecule has 0 spiro atoms. The number of ether oxygens (including phenoxy) is 6. The van der Waals surface area contributed by atoms with Crippen LogP contribution in [0.25, 0.3) is 0 Å². The number of rotatable bonds is 13. The number of carboxylic acid groups (broad SMARTS) is 1. The lowest BCUT2D eigenvalue weighted by atomic mass is 9.49. The quantitative estimate of drug-likeness (QED) is 0.119. The van der Waals surface area contributed by atoms with Gasteiger partial charge in [0.05, 0.1) is 36.4 Å². The van der Waals surface area contributed by atoms with Crippen molar-refractivity contribution in [2.24, 2.45) is 22.7 Å². The Morgan fingerprint density at radius 3 is 2.00 bits per heavy atom. The molecule has 6 N–H and O–H groups in total. The molecule has 2 aliphatic carbocycles. The van der Waals surface area contributed by atoms with Crippen LogP contribution in [0.1, 0.15) is 123 Å². The Kier molecular flexibility index (Phi) is 15.6. The summed E-state index contributed by atoms with van der Waals surface area (Å²) in [5.74, 6) is -8.14. The summed E-state index contributed by atoms with van der Waals surface area (Å²) in [6.07, 6.45) is -13.3. The van der Waals surface area contributed by atoms with Gasteiger partial charge in [-0.05, 0) is 57.2 Å². The second-order valence-electron chi connectivity index (χ2n) is 20.6. The smallest absolute Gasteiger partial charge is 0.408 e. The predicted octanol–water partition coefficient (Wildman–Crippen LogP) is 4.57. The molecular formula is C49H67NO17. The van der Waals surface area contributed by atoms with E-state index < -0.39 is 143 Å². The number of nitrogens with one attached hydrogen (secondary N) is 1. The number of hydrogen-bond acceptors (Lipinski definition) is 16. The summed E-state index contributed by atoms with van der Waals surface area (Å²) in [7, 11) is 0. The molecule has 2 saturated carbocycles. The van der Waals surface area contributed by atoms with Gasteiger partial charge in [0.25, 0.3) is 0 Å². The lowest BCUT2D eigenvalue weighted by Gasteiger charge is -2.66. The molecule has 0 bridgehead atoms. The largest absolute Gasteiger partial charge is 0.481 e. The van der Waals surface area contributed by atoms with E-state index in [1.807, 2.05) is 0 Å². The van der Waals surface area contributed by atoms with Crippen molar-refractivity contribution in [1.29, 1.82) is 0 Å². The topological polar surface area (TPSA) is 271 Å². The summed E-state index contributed by atoms with van der Waals surface area (Å²) in [6.45, 7) is 14.8. The first kappa shape index (κ1) is 52.8. The minimum Gasteiger partial charge on any atom is -0.481 e. The van der Waals surface area contributed by atoms with Gasteiger partial charge in [0, 0.05) is 43.9 Å². The summed E-state index contributed by atoms with van der Waals surface area (Å²) in [4.78, 5) is 81.0. The van der Waals surface area contributed by atoms with Gasteiger partial charge in [-0.3, -0.25) is 14.4 Å². The molecule has 2 aromatic carbocycles. The number of carbonyl (C=O) groups is 6. The third kappa shape index (κ3) is 10.9. The molecule has 2 aromatic rings. The van der Waals surface area contributed by atoms with Gasteiger partial charge in [-0.25, -0.2) is 14.4 Å². The standard InChI is InChI=1S/C49H67NO17/c1-27-36(56)39(57)47(10)31(52)24-32-48(26-62-32,65-28(2)51)38(47)40(64-41(58)30-20-15-12-16-21-30)49(61,44(3,4)5)25-46(27,9)66-42(59)37(63-34(55)23-17-22-33(53)54)35(29-18-13-11-14-19-29)50-43(60)67-45(6,7)8/h11-16,18-21,27,31-32,35-40,52,56-57,61H,17,22-26H2,1-10H3,(H,50,60)(H,53,54)/t27?,31-,32+,35?,36+,37+,38-,39+,40-,46+,47+,48-,49+/m0/s1. The van der Waals surface area contributed by atoms with Gasteiger partial charge < -0.3 is 59.3 Å². The van der Waals surface area contributed by atoms with Crippen molar-refractivity contribution in [2.45, 2.75) is 166 Å². The fourth-order valence-corrected chi connectivity index (χ4v) is 9.88. The summed E-state index contributed by atoms with van der Waals surface area (Å²) >= 11 is 0. The van der Waals surface area contributed by atoms with Crippen molar-refractivity contribution in [3.8, 4) is 0 Å². The van der Waals surface area contributed by atoms with E-state index in [0.717, 1.165) is 6.92 Å². The first-order valence-electron chi connectivity index (χ1n) is 22.5. The van der Waals surface area contributed by atoms with Crippen LogP contribution in [0.3, 0.4) is 0 Å². The third-order valence-corrected chi connectivity index (χ3v) is 13.8. The maximum absolute atomic E-state index is 15.2. The van der Waals surface area contributed by atoms with Gasteiger partial charge >= 0.3 is 35.9 Å². The molecule has 1 amide bonds. The van der Waals surface area contributed by atoms with Crippen LogP contribution < -0.4 is 5.32 Å². The van der Waals surface area contributed by atoms with E-state index in [1.54, 1.807) is 90.1 Å². The third-order valence-electron chi connectivity index (χ3n) is 13.8. The molecule has 0 aromatic heterocycles. The second-order valence-corrected chi connectivity index (χ2v) is 20.6. The van der Waals surface area contributed by atoms with Crippen LogP contribution in [0.5, 0.6) is 0 Å². The van der Waals surface area contributed by atoms with Crippen molar-refractivity contribution < 1.29 is 82.7 Å². The lowest BCUT2D eigenvalue weighted by molar-refractivity contribution is -0.359. The summed E-state index contributed by atoms with van der Waals surface area (Å²) in [5, 5.41) is 62.9. The van der Waals surface area contributed by atoms with Crippen molar-refractivity contribution in [3.63, 3.8) is 0 Å². The average Bonchev–Trinajstić information content (AvgIpc) is 3.24. The Bertz CT molecular complexity index is 2120. The van der Waals surface area contributed by atoms with Crippen LogP contribution in [-0.4, -0.2) is 127 Å². The number of fused-ring (bicyclic) bond motifs is 3. The lowest BCUT2D eigenvalue weighted by Crippen LogP contribution is -2.80. The molecule has 370 valence electrons. The number of esters is 4. The maximum Gasteiger partial charge on any atom is 0.408 e. The Morgan fingerprint density at radius 1 is 0.881 bits per heavy atom. The second kappa shape index (κ2) is 19.8. The first-order valence-corrected chi connectivity index (χ1v) is 22.5. The van der Waals surface area contributed by atoms with Crippen molar-refractivity contribution in [2.75, 3.05) is 6.61 Å². The number of aliphatic carboxylic acids is 1. The van der Waals surface area contributed by atoms with Crippen LogP contribution in [0.2, 0.25) is 0 Å². The van der Waals surface area contributed by atoms with Gasteiger partial charge in [-0.2, -0.15) is 0 Å². The maximum atomic E-state index is 15.2. The van der Waals surface area contributed by atoms with Crippen LogP contribution in [-0.2, 0) is 47.6 Å². The number of hydrogen-bond donors (Lipinski definition) is 6. The zero-order chi connectivity index (χ0) is 50.1. The normalized spacial score (nSPS) is 32.7.